The van der Waals surface area contributed by atoms with Crippen molar-refractivity contribution in [3.63, 3.8) is 0 Å². The van der Waals surface area contributed by atoms with Crippen molar-refractivity contribution >= 4 is 40.6 Å². The predicted molar refractivity (Wildman–Crippen MR) is 123 cm³/mol. The van der Waals surface area contributed by atoms with Crippen molar-refractivity contribution in [2.24, 2.45) is 0 Å². The Balaban J connectivity index is 1.86. The minimum Gasteiger partial charge on any atom is -0.406 e. The van der Waals surface area contributed by atoms with Gasteiger partial charge in [0.15, 0.2) is 0 Å². The van der Waals surface area contributed by atoms with E-state index in [4.69, 9.17) is 23.2 Å². The number of carbonyl (C=O) groups is 1. The molecule has 4 rings (SSSR count). The summed E-state index contributed by atoms with van der Waals surface area (Å²) < 4.78 is 42.7. The summed E-state index contributed by atoms with van der Waals surface area (Å²) in [5, 5.41) is 1.02. The number of nitrogens with zero attached hydrogens (tertiary/aromatic N) is 2. The molecule has 3 aromatic rings. The van der Waals surface area contributed by atoms with Crippen LogP contribution < -0.4 is 14.5 Å². The number of urea groups is 1. The van der Waals surface area contributed by atoms with Gasteiger partial charge in [0, 0.05) is 21.4 Å². The average molecular weight is 495 g/mol. The maximum absolute atomic E-state index is 13.8. The van der Waals surface area contributed by atoms with Gasteiger partial charge in [-0.3, -0.25) is 9.80 Å². The largest absolute Gasteiger partial charge is 0.573 e. The van der Waals surface area contributed by atoms with Crippen molar-refractivity contribution in [3.8, 4) is 5.75 Å². The number of rotatable bonds is 4. The molecule has 1 fully saturated rings. The summed E-state index contributed by atoms with van der Waals surface area (Å²) in [5.74, 6) is -0.357. The second-order valence-electron chi connectivity index (χ2n) is 8.12. The Bertz CT molecular complexity index is 1170. The van der Waals surface area contributed by atoms with Gasteiger partial charge in [-0.2, -0.15) is 0 Å². The lowest BCUT2D eigenvalue weighted by Gasteiger charge is -2.35. The quantitative estimate of drug-likeness (QED) is 0.369. The lowest BCUT2D eigenvalue weighted by atomic mass is 9.87. The minimum atomic E-state index is -4.83. The first kappa shape index (κ1) is 23.3. The van der Waals surface area contributed by atoms with Crippen LogP contribution in [0.5, 0.6) is 5.75 Å². The van der Waals surface area contributed by atoms with E-state index in [-0.39, 0.29) is 11.8 Å². The van der Waals surface area contributed by atoms with Gasteiger partial charge in [-0.15, -0.1) is 13.2 Å². The molecule has 172 valence electrons. The summed E-state index contributed by atoms with van der Waals surface area (Å²) in [6.45, 7) is 3.72. The molecule has 0 N–H and O–H groups in total. The molecule has 1 unspecified atom stereocenters. The Labute approximate surface area is 199 Å². The average Bonchev–Trinajstić information content (AvgIpc) is 2.93. The molecule has 33 heavy (non-hydrogen) atoms. The van der Waals surface area contributed by atoms with Crippen molar-refractivity contribution in [1.82, 2.24) is 0 Å². The molecule has 0 aliphatic carbocycles. The van der Waals surface area contributed by atoms with Crippen LogP contribution in [0.15, 0.2) is 72.8 Å². The first-order valence-corrected chi connectivity index (χ1v) is 10.7. The zero-order valence-corrected chi connectivity index (χ0v) is 19.1. The molecule has 0 saturated carbocycles. The van der Waals surface area contributed by atoms with E-state index < -0.39 is 17.9 Å². The lowest BCUT2D eigenvalue weighted by molar-refractivity contribution is -0.274. The molecular weight excluding hydrogens is 476 g/mol. The third-order valence-electron chi connectivity index (χ3n) is 5.50. The van der Waals surface area contributed by atoms with Crippen molar-refractivity contribution in [3.05, 3.63) is 88.4 Å². The summed E-state index contributed by atoms with van der Waals surface area (Å²) in [6, 6.07) is 18.2. The highest BCUT2D eigenvalue weighted by molar-refractivity contribution is 6.31. The lowest BCUT2D eigenvalue weighted by Crippen LogP contribution is -2.43. The second kappa shape index (κ2) is 8.47. The monoisotopic (exact) mass is 494 g/mol. The Hall–Kier alpha value is -2.90. The van der Waals surface area contributed by atoms with Gasteiger partial charge in [-0.1, -0.05) is 35.3 Å². The molecule has 0 bridgehead atoms. The maximum Gasteiger partial charge on any atom is 0.573 e. The Morgan fingerprint density at radius 2 is 1.42 bits per heavy atom. The van der Waals surface area contributed by atoms with Gasteiger partial charge < -0.3 is 4.74 Å². The minimum absolute atomic E-state index is 0.336. The van der Waals surface area contributed by atoms with Gasteiger partial charge in [0.2, 0.25) is 0 Å². The van der Waals surface area contributed by atoms with Crippen LogP contribution in [0.3, 0.4) is 0 Å². The van der Waals surface area contributed by atoms with Crippen LogP contribution in [0.2, 0.25) is 10.0 Å². The molecule has 0 aromatic heterocycles. The Morgan fingerprint density at radius 1 is 0.879 bits per heavy atom. The summed E-state index contributed by atoms with van der Waals surface area (Å²) >= 11 is 12.1. The van der Waals surface area contributed by atoms with Gasteiger partial charge >= 0.3 is 12.4 Å². The van der Waals surface area contributed by atoms with Crippen LogP contribution in [0.4, 0.5) is 29.3 Å². The number of ether oxygens (including phenoxy) is 1. The van der Waals surface area contributed by atoms with Gasteiger partial charge in [0.25, 0.3) is 0 Å². The fraction of sp³-hybridized carbons (Fsp3) is 0.208. The number of hydrogen-bond acceptors (Lipinski definition) is 2. The first-order valence-electron chi connectivity index (χ1n) is 9.97. The molecule has 0 radical (unpaired) electrons. The van der Waals surface area contributed by atoms with E-state index in [0.717, 1.165) is 0 Å². The van der Waals surface area contributed by atoms with Crippen LogP contribution in [0.25, 0.3) is 0 Å². The zero-order valence-electron chi connectivity index (χ0n) is 17.6. The van der Waals surface area contributed by atoms with Crippen LogP contribution in [-0.4, -0.2) is 17.9 Å². The third-order valence-corrected chi connectivity index (χ3v) is 6.00. The zero-order chi connectivity index (χ0) is 24.0. The molecular formula is C24H19Cl2F3N2O2. The van der Waals surface area contributed by atoms with E-state index in [0.29, 0.717) is 27.0 Å². The number of hydrogen-bond donors (Lipinski definition) is 0. The van der Waals surface area contributed by atoms with Crippen LogP contribution in [-0.2, 0) is 0 Å². The Kier molecular flexibility index (Phi) is 5.97. The number of anilines is 2. The van der Waals surface area contributed by atoms with Crippen LogP contribution >= 0.6 is 23.2 Å². The van der Waals surface area contributed by atoms with E-state index >= 15 is 0 Å². The fourth-order valence-electron chi connectivity index (χ4n) is 4.24. The highest BCUT2D eigenvalue weighted by atomic mass is 35.5. The van der Waals surface area contributed by atoms with Gasteiger partial charge in [-0.05, 0) is 80.1 Å². The molecule has 1 aliphatic heterocycles. The third kappa shape index (κ3) is 4.61. The highest BCUT2D eigenvalue weighted by Crippen LogP contribution is 2.48. The van der Waals surface area contributed by atoms with E-state index in [9.17, 15) is 18.0 Å². The molecule has 1 heterocycles. The van der Waals surface area contributed by atoms with Crippen LogP contribution in [0, 0.1) is 0 Å². The molecule has 1 atom stereocenters. The molecule has 2 amide bonds. The second-order valence-corrected chi connectivity index (χ2v) is 8.99. The summed E-state index contributed by atoms with van der Waals surface area (Å²) in [5.41, 5.74) is 0.794. The smallest absolute Gasteiger partial charge is 0.406 e. The van der Waals surface area contributed by atoms with E-state index in [1.165, 1.54) is 18.2 Å². The molecule has 9 heteroatoms. The number of halogens is 5. The molecule has 0 spiro atoms. The molecule has 4 nitrogen and oxygen atoms in total. The normalized spacial score (nSPS) is 18.0. The summed E-state index contributed by atoms with van der Waals surface area (Å²) in [4.78, 5) is 16.9. The van der Waals surface area contributed by atoms with Crippen molar-refractivity contribution < 1.29 is 22.7 Å². The van der Waals surface area contributed by atoms with Crippen molar-refractivity contribution in [2.45, 2.75) is 31.8 Å². The van der Waals surface area contributed by atoms with Gasteiger partial charge in [-0.25, -0.2) is 4.79 Å². The van der Waals surface area contributed by atoms with Crippen molar-refractivity contribution in [2.75, 3.05) is 9.80 Å². The van der Waals surface area contributed by atoms with Crippen molar-refractivity contribution in [1.29, 1.82) is 0 Å². The summed E-state index contributed by atoms with van der Waals surface area (Å²) in [7, 11) is 0. The topological polar surface area (TPSA) is 32.8 Å². The number of alkyl halides is 3. The molecule has 3 aromatic carbocycles. The predicted octanol–water partition coefficient (Wildman–Crippen LogP) is 7.86. The highest BCUT2D eigenvalue weighted by Gasteiger charge is 2.53. The Morgan fingerprint density at radius 3 is 1.97 bits per heavy atom. The van der Waals surface area contributed by atoms with E-state index in [1.54, 1.807) is 64.4 Å². The number of benzene rings is 3. The molecule has 1 aliphatic rings. The number of amides is 2. The maximum atomic E-state index is 13.8. The molecule has 1 saturated heterocycles. The van der Waals surface area contributed by atoms with Crippen LogP contribution in [0.1, 0.15) is 25.5 Å². The number of carbonyl (C=O) groups excluding carboxylic acids is 1. The van der Waals surface area contributed by atoms with Gasteiger partial charge in [0.1, 0.15) is 5.75 Å². The van der Waals surface area contributed by atoms with E-state index in [2.05, 4.69) is 4.74 Å². The van der Waals surface area contributed by atoms with Gasteiger partial charge in [0.05, 0.1) is 11.6 Å². The fourth-order valence-corrected chi connectivity index (χ4v) is 4.49. The SMILES string of the molecule is CC1(C)C(c2cccc(OC(F)(F)F)c2)N(c2ccc(Cl)cc2)C(=O)N1c1ccc(Cl)cc1. The van der Waals surface area contributed by atoms with E-state index in [1.807, 2.05) is 13.8 Å². The first-order chi connectivity index (χ1) is 15.5. The standard InChI is InChI=1S/C24H19Cl2F3N2O2/c1-23(2)21(15-4-3-5-20(14-15)33-24(27,28)29)30(18-10-6-16(25)7-11-18)22(32)31(23)19-12-8-17(26)9-13-19/h3-14,21H,1-2H3. The summed E-state index contributed by atoms with van der Waals surface area (Å²) in [6.07, 6.45) is -4.83.